The van der Waals surface area contributed by atoms with E-state index in [0.717, 1.165) is 39.3 Å². The van der Waals surface area contributed by atoms with Crippen LogP contribution in [0.4, 0.5) is 23.0 Å². The molecule has 2 aromatic carbocycles. The SMILES string of the molecule is C=CC(=O)Nc1cccc(-c2nc(Nc3ccc(OCOP(=O)(O)O)c(NCCCN4CCOCC4)c3)ncc2Cl)c1. The Bertz CT molecular complexity index is 1430. The van der Waals surface area contributed by atoms with Gasteiger partial charge in [0.25, 0.3) is 0 Å². The third-order valence-electron chi connectivity index (χ3n) is 6.07. The van der Waals surface area contributed by atoms with E-state index in [1.165, 1.54) is 12.3 Å². The lowest BCUT2D eigenvalue weighted by atomic mass is 10.1. The molecular weight excluding hydrogens is 587 g/mol. The van der Waals surface area contributed by atoms with Gasteiger partial charge in [-0.1, -0.05) is 30.3 Å². The minimum Gasteiger partial charge on any atom is -0.465 e. The summed E-state index contributed by atoms with van der Waals surface area (Å²) in [6.07, 6.45) is 3.51. The number of hydrogen-bond acceptors (Lipinski definition) is 10. The minimum atomic E-state index is -4.69. The number of nitrogens with one attached hydrogen (secondary N) is 3. The maximum atomic E-state index is 11.7. The monoisotopic (exact) mass is 618 g/mol. The van der Waals surface area contributed by atoms with E-state index in [9.17, 15) is 9.36 Å². The third-order valence-corrected chi connectivity index (χ3v) is 6.79. The van der Waals surface area contributed by atoms with Gasteiger partial charge in [-0.05, 0) is 49.4 Å². The molecule has 0 spiro atoms. The average molecular weight is 619 g/mol. The number of rotatable bonds is 14. The van der Waals surface area contributed by atoms with Crippen LogP contribution >= 0.6 is 19.4 Å². The number of anilines is 4. The number of carbonyl (C=O) groups excluding carboxylic acids is 1. The van der Waals surface area contributed by atoms with Crippen molar-refractivity contribution in [1.29, 1.82) is 0 Å². The van der Waals surface area contributed by atoms with Crippen molar-refractivity contribution in [2.75, 3.05) is 62.1 Å². The number of hydrogen-bond donors (Lipinski definition) is 5. The number of amides is 1. The van der Waals surface area contributed by atoms with Crippen molar-refractivity contribution in [2.24, 2.45) is 0 Å². The van der Waals surface area contributed by atoms with E-state index in [0.29, 0.717) is 45.6 Å². The Morgan fingerprint density at radius 3 is 2.76 bits per heavy atom. The molecule has 1 amide bonds. The highest BCUT2D eigenvalue weighted by Gasteiger charge is 2.16. The van der Waals surface area contributed by atoms with Crippen LogP contribution in [0.5, 0.6) is 5.75 Å². The van der Waals surface area contributed by atoms with Crippen LogP contribution in [0, 0.1) is 0 Å². The van der Waals surface area contributed by atoms with Crippen molar-refractivity contribution in [2.45, 2.75) is 6.42 Å². The highest BCUT2D eigenvalue weighted by molar-refractivity contribution is 7.46. The Hall–Kier alpha value is -3.55. The zero-order valence-electron chi connectivity index (χ0n) is 22.7. The molecule has 1 saturated heterocycles. The summed E-state index contributed by atoms with van der Waals surface area (Å²) in [5.41, 5.74) is 2.89. The summed E-state index contributed by atoms with van der Waals surface area (Å²) in [5.74, 6) is 0.276. The molecule has 0 aliphatic carbocycles. The molecule has 0 atom stereocenters. The summed E-state index contributed by atoms with van der Waals surface area (Å²) in [6, 6.07) is 12.2. The molecule has 15 heteroatoms. The molecule has 1 aliphatic rings. The van der Waals surface area contributed by atoms with Crippen molar-refractivity contribution < 1.29 is 33.1 Å². The third kappa shape index (κ3) is 9.78. The van der Waals surface area contributed by atoms with Gasteiger partial charge in [0.1, 0.15) is 5.75 Å². The quantitative estimate of drug-likeness (QED) is 0.0755. The summed E-state index contributed by atoms with van der Waals surface area (Å²) in [5, 5.41) is 9.51. The highest BCUT2D eigenvalue weighted by Crippen LogP contribution is 2.37. The first-order chi connectivity index (χ1) is 20.2. The predicted molar refractivity (Wildman–Crippen MR) is 160 cm³/mol. The minimum absolute atomic E-state index is 0.270. The van der Waals surface area contributed by atoms with Crippen molar-refractivity contribution in [3.63, 3.8) is 0 Å². The van der Waals surface area contributed by atoms with E-state index in [1.54, 1.807) is 36.4 Å². The molecule has 3 aromatic rings. The Labute approximate surface area is 248 Å². The fourth-order valence-electron chi connectivity index (χ4n) is 4.08. The second-order valence-corrected chi connectivity index (χ2v) is 10.8. The highest BCUT2D eigenvalue weighted by atomic mass is 35.5. The van der Waals surface area contributed by atoms with E-state index < -0.39 is 14.6 Å². The molecule has 0 bridgehead atoms. The van der Waals surface area contributed by atoms with E-state index in [4.69, 9.17) is 30.9 Å². The van der Waals surface area contributed by atoms with Crippen molar-refractivity contribution in [3.05, 3.63) is 66.3 Å². The second kappa shape index (κ2) is 15.1. The van der Waals surface area contributed by atoms with Crippen molar-refractivity contribution in [1.82, 2.24) is 14.9 Å². The Morgan fingerprint density at radius 1 is 1.19 bits per heavy atom. The van der Waals surface area contributed by atoms with Crippen LogP contribution in [-0.2, 0) is 18.6 Å². The van der Waals surface area contributed by atoms with Gasteiger partial charge >= 0.3 is 7.82 Å². The topological polar surface area (TPSA) is 167 Å². The second-order valence-electron chi connectivity index (χ2n) is 9.12. The summed E-state index contributed by atoms with van der Waals surface area (Å²) in [6.45, 7) is 7.59. The maximum absolute atomic E-state index is 11.7. The molecule has 42 heavy (non-hydrogen) atoms. The lowest BCUT2D eigenvalue weighted by molar-refractivity contribution is -0.111. The number of aromatic nitrogens is 2. The lowest BCUT2D eigenvalue weighted by Gasteiger charge is -2.26. The zero-order chi connectivity index (χ0) is 30.0. The van der Waals surface area contributed by atoms with E-state index in [2.05, 4.69) is 41.9 Å². The van der Waals surface area contributed by atoms with Gasteiger partial charge in [0.15, 0.2) is 6.79 Å². The zero-order valence-corrected chi connectivity index (χ0v) is 24.3. The first-order valence-corrected chi connectivity index (χ1v) is 15.0. The average Bonchev–Trinajstić information content (AvgIpc) is 2.97. The van der Waals surface area contributed by atoms with E-state index >= 15 is 0 Å². The molecule has 224 valence electrons. The van der Waals surface area contributed by atoms with Crippen LogP contribution in [0.3, 0.4) is 0 Å². The van der Waals surface area contributed by atoms with Gasteiger partial charge < -0.3 is 35.2 Å². The molecule has 4 rings (SSSR count). The molecule has 1 aromatic heterocycles. The van der Waals surface area contributed by atoms with Crippen LogP contribution < -0.4 is 20.7 Å². The molecule has 0 saturated carbocycles. The van der Waals surface area contributed by atoms with Crippen LogP contribution in [-0.4, -0.2) is 76.7 Å². The van der Waals surface area contributed by atoms with Gasteiger partial charge in [-0.25, -0.2) is 19.1 Å². The van der Waals surface area contributed by atoms with Crippen LogP contribution in [0.25, 0.3) is 11.3 Å². The largest absolute Gasteiger partial charge is 0.472 e. The molecule has 5 N–H and O–H groups in total. The Morgan fingerprint density at radius 2 is 2.00 bits per heavy atom. The van der Waals surface area contributed by atoms with Gasteiger partial charge in [-0.3, -0.25) is 9.69 Å². The fourth-order valence-corrected chi connectivity index (χ4v) is 4.47. The number of benzene rings is 2. The number of nitrogens with zero attached hydrogens (tertiary/aromatic N) is 3. The van der Waals surface area contributed by atoms with Gasteiger partial charge in [0.05, 0.1) is 35.8 Å². The normalized spacial score (nSPS) is 13.8. The molecule has 1 aliphatic heterocycles. The summed E-state index contributed by atoms with van der Waals surface area (Å²) in [7, 11) is -4.69. The maximum Gasteiger partial charge on any atom is 0.472 e. The standard InChI is InChI=1S/C27H32ClN6O7P/c1-2-25(35)31-20-6-3-5-19(15-20)26-22(28)17-30-27(33-26)32-21-7-8-24(40-18-41-42(36,37)38)23(16-21)29-9-4-10-34-11-13-39-14-12-34/h2-3,5-8,15-17,29H,1,4,9-14,18H2,(H,31,35)(H,30,32,33)(H2,36,37,38). The summed E-state index contributed by atoms with van der Waals surface area (Å²) < 4.78 is 26.4. The van der Waals surface area contributed by atoms with E-state index in [1.807, 2.05) is 6.07 Å². The van der Waals surface area contributed by atoms with Gasteiger partial charge in [-0.15, -0.1) is 0 Å². The summed E-state index contributed by atoms with van der Waals surface area (Å²) >= 11 is 6.41. The molecule has 0 unspecified atom stereocenters. The number of halogens is 1. The number of ether oxygens (including phenoxy) is 2. The number of phosphoric ester groups is 1. The number of phosphoric acid groups is 1. The van der Waals surface area contributed by atoms with Crippen molar-refractivity contribution in [3.8, 4) is 17.0 Å². The Balaban J connectivity index is 1.49. The fraction of sp³-hybridized carbons (Fsp3) is 0.296. The first-order valence-electron chi connectivity index (χ1n) is 13.0. The molecule has 13 nitrogen and oxygen atoms in total. The Kier molecular flexibility index (Phi) is 11.3. The van der Waals surface area contributed by atoms with Crippen LogP contribution in [0.15, 0.2) is 61.3 Å². The van der Waals surface area contributed by atoms with Gasteiger partial charge in [-0.2, -0.15) is 0 Å². The lowest BCUT2D eigenvalue weighted by Crippen LogP contribution is -2.37. The molecule has 1 fully saturated rings. The molecule has 2 heterocycles. The van der Waals surface area contributed by atoms with Crippen LogP contribution in [0.2, 0.25) is 5.02 Å². The molecule has 0 radical (unpaired) electrons. The summed E-state index contributed by atoms with van der Waals surface area (Å²) in [4.78, 5) is 40.9. The number of carbonyl (C=O) groups is 1. The van der Waals surface area contributed by atoms with Gasteiger partial charge in [0, 0.05) is 36.6 Å². The van der Waals surface area contributed by atoms with Crippen molar-refractivity contribution >= 4 is 48.3 Å². The number of morpholine rings is 1. The first kappa shape index (κ1) is 31.4. The smallest absolute Gasteiger partial charge is 0.465 e. The predicted octanol–water partition coefficient (Wildman–Crippen LogP) is 4.24. The molecular formula is C27H32ClN6O7P. The van der Waals surface area contributed by atoms with E-state index in [-0.39, 0.29) is 11.9 Å². The van der Waals surface area contributed by atoms with Crippen LogP contribution in [0.1, 0.15) is 6.42 Å². The van der Waals surface area contributed by atoms with Gasteiger partial charge in [0.2, 0.25) is 11.9 Å².